The lowest BCUT2D eigenvalue weighted by molar-refractivity contribution is -0.145. The lowest BCUT2D eigenvalue weighted by Gasteiger charge is -2.38. The number of aryl methyl sites for hydroxylation is 5. The van der Waals surface area contributed by atoms with Gasteiger partial charge in [0.1, 0.15) is 11.8 Å². The Kier molecular flexibility index (Phi) is 17.5. The lowest BCUT2D eigenvalue weighted by Crippen LogP contribution is -2.55. The van der Waals surface area contributed by atoms with E-state index in [1.807, 2.05) is 52.5 Å². The maximum absolute atomic E-state index is 13.1. The molecule has 6 N–H and O–H groups in total. The van der Waals surface area contributed by atoms with Crippen LogP contribution in [-0.4, -0.2) is 148 Å². The van der Waals surface area contributed by atoms with E-state index in [-0.39, 0.29) is 96.6 Å². The van der Waals surface area contributed by atoms with Gasteiger partial charge in [-0.25, -0.2) is 4.57 Å². The molecule has 1 amide bonds. The molecule has 0 radical (unpaired) electrons. The zero-order chi connectivity index (χ0) is 41.9. The summed E-state index contributed by atoms with van der Waals surface area (Å²) in [5.74, 6) is -3.80. The number of carbonyl (C=O) groups is 4. The fourth-order valence-electron chi connectivity index (χ4n) is 7.58. The summed E-state index contributed by atoms with van der Waals surface area (Å²) in [6.07, 6.45) is 0.0817. The molecule has 0 aliphatic carbocycles. The average Bonchev–Trinajstić information content (AvgIpc) is 3.05. The molecule has 2 aromatic rings. The predicted octanol–water partition coefficient (Wildman–Crippen LogP) is 3.53. The minimum atomic E-state index is -4.61. The number of nitrogens with two attached hydrogens (primary N) is 1. The van der Waals surface area contributed by atoms with Crippen LogP contribution in [0.2, 0.25) is 0 Å². The summed E-state index contributed by atoms with van der Waals surface area (Å²) in [7, 11) is -4.61. The number of benzene rings is 2. The van der Waals surface area contributed by atoms with Gasteiger partial charge in [0.15, 0.2) is 0 Å². The number of phosphoric ester groups is 1. The highest BCUT2D eigenvalue weighted by molar-refractivity contribution is 7.47. The Hall–Kier alpha value is -3.89. The molecule has 17 heteroatoms. The maximum Gasteiger partial charge on any atom is 0.527 e. The Balaban J connectivity index is 1.74. The molecular weight excluding hydrogens is 745 g/mol. The van der Waals surface area contributed by atoms with Gasteiger partial charge in [-0.15, -0.1) is 0 Å². The van der Waals surface area contributed by atoms with Crippen LogP contribution in [0.25, 0.3) is 11.1 Å². The van der Waals surface area contributed by atoms with Crippen LogP contribution >= 0.6 is 7.82 Å². The highest BCUT2D eigenvalue weighted by Crippen LogP contribution is 2.46. The van der Waals surface area contributed by atoms with E-state index in [4.69, 9.17) is 14.8 Å². The van der Waals surface area contributed by atoms with Gasteiger partial charge in [0.25, 0.3) is 0 Å². The van der Waals surface area contributed by atoms with Crippen molar-refractivity contribution in [2.45, 2.75) is 73.4 Å². The summed E-state index contributed by atoms with van der Waals surface area (Å²) in [5, 5.41) is 29.6. The number of amides is 1. The number of aliphatic carboxylic acids is 3. The van der Waals surface area contributed by atoms with Gasteiger partial charge in [-0.05, 0) is 98.9 Å². The van der Waals surface area contributed by atoms with Crippen LogP contribution in [0.4, 0.5) is 0 Å². The highest BCUT2D eigenvalue weighted by Gasteiger charge is 2.32. The normalized spacial score (nSPS) is 18.0. The van der Waals surface area contributed by atoms with Crippen molar-refractivity contribution in [3.05, 3.63) is 52.1 Å². The number of hydrogen-bond donors (Lipinski definition) is 5. The summed E-state index contributed by atoms with van der Waals surface area (Å²) >= 11 is 0. The van der Waals surface area contributed by atoms with Crippen molar-refractivity contribution < 1.29 is 53.0 Å². The van der Waals surface area contributed by atoms with Crippen LogP contribution in [0.1, 0.15) is 54.5 Å². The number of nitrogens with zero attached hydrogens (tertiary/aromatic N) is 4. The number of carboxylic acid groups (broad SMARTS) is 3. The van der Waals surface area contributed by atoms with Gasteiger partial charge in [0.05, 0.1) is 25.7 Å². The van der Waals surface area contributed by atoms with Crippen molar-refractivity contribution >= 4 is 31.6 Å². The Morgan fingerprint density at radius 1 is 0.750 bits per heavy atom. The van der Waals surface area contributed by atoms with E-state index >= 15 is 0 Å². The van der Waals surface area contributed by atoms with Gasteiger partial charge in [0.2, 0.25) is 5.91 Å². The molecule has 1 aliphatic rings. The molecule has 0 bridgehead atoms. The number of rotatable bonds is 17. The number of carboxylic acids is 3. The van der Waals surface area contributed by atoms with E-state index in [1.54, 1.807) is 27.7 Å². The molecule has 0 saturated carbocycles. The minimum absolute atomic E-state index is 0.0116. The van der Waals surface area contributed by atoms with Gasteiger partial charge < -0.3 is 25.6 Å². The molecule has 2 unspecified atom stereocenters. The molecule has 1 heterocycles. The van der Waals surface area contributed by atoms with E-state index in [1.165, 1.54) is 0 Å². The minimum Gasteiger partial charge on any atom is -0.480 e. The zero-order valence-corrected chi connectivity index (χ0v) is 34.6. The largest absolute Gasteiger partial charge is 0.527 e. The Labute approximate surface area is 329 Å². The molecule has 0 aromatic heterocycles. The third kappa shape index (κ3) is 13.9. The van der Waals surface area contributed by atoms with Crippen LogP contribution < -0.4 is 10.3 Å². The van der Waals surface area contributed by atoms with Crippen molar-refractivity contribution in [3.63, 3.8) is 0 Å². The smallest absolute Gasteiger partial charge is 0.480 e. The van der Waals surface area contributed by atoms with Gasteiger partial charge in [0, 0.05) is 52.4 Å². The molecule has 1 fully saturated rings. The quantitative estimate of drug-likeness (QED) is 0.114. The summed E-state index contributed by atoms with van der Waals surface area (Å²) < 4.78 is 23.9. The number of primary amides is 1. The van der Waals surface area contributed by atoms with Crippen molar-refractivity contribution in [1.82, 2.24) is 19.6 Å². The maximum atomic E-state index is 13.1. The Morgan fingerprint density at radius 2 is 1.25 bits per heavy atom. The summed E-state index contributed by atoms with van der Waals surface area (Å²) in [6, 6.07) is 6.08. The zero-order valence-electron chi connectivity index (χ0n) is 33.7. The molecule has 1 saturated heterocycles. The predicted molar refractivity (Wildman–Crippen MR) is 212 cm³/mol. The first-order valence-electron chi connectivity index (χ1n) is 18.9. The second kappa shape index (κ2) is 21.0. The van der Waals surface area contributed by atoms with E-state index in [2.05, 4.69) is 12.1 Å². The first-order valence-corrected chi connectivity index (χ1v) is 20.4. The third-order valence-electron chi connectivity index (χ3n) is 10.1. The molecule has 1 aliphatic heterocycles. The molecule has 312 valence electrons. The molecule has 2 aromatic carbocycles. The van der Waals surface area contributed by atoms with Crippen LogP contribution in [0.15, 0.2) is 24.3 Å². The van der Waals surface area contributed by atoms with Crippen molar-refractivity contribution in [1.29, 1.82) is 0 Å². The van der Waals surface area contributed by atoms with Crippen LogP contribution in [0.3, 0.4) is 0 Å². The second-order valence-electron chi connectivity index (χ2n) is 15.1. The number of hydrogen-bond acceptors (Lipinski definition) is 11. The molecule has 3 atom stereocenters. The van der Waals surface area contributed by atoms with Crippen LogP contribution in [0.5, 0.6) is 5.75 Å². The van der Waals surface area contributed by atoms with Crippen LogP contribution in [0, 0.1) is 40.5 Å². The van der Waals surface area contributed by atoms with Crippen molar-refractivity contribution in [3.8, 4) is 16.9 Å². The topological polar surface area (TPSA) is 224 Å². The second-order valence-corrected chi connectivity index (χ2v) is 16.5. The third-order valence-corrected chi connectivity index (χ3v) is 11.1. The molecule has 3 rings (SSSR count). The number of carbonyl (C=O) groups excluding carboxylic acids is 1. The molecule has 16 nitrogen and oxygen atoms in total. The first kappa shape index (κ1) is 46.5. The van der Waals surface area contributed by atoms with E-state index in [9.17, 15) is 44.0 Å². The van der Waals surface area contributed by atoms with E-state index in [0.29, 0.717) is 5.56 Å². The van der Waals surface area contributed by atoms with Crippen molar-refractivity contribution in [2.24, 2.45) is 11.7 Å². The SMILES string of the molecule is Cc1cc(C)c(-c2cc(C)c(OP(=O)(O)OCCC[C@H](C(=O)O)N3CCN(CC(=O)O)CCN(C(C(N)=O)C(C)C)CCN(CC(=O)O)CC3)cc2C)c(C)c1. The fourth-order valence-corrected chi connectivity index (χ4v) is 8.43. The Bertz CT molecular complexity index is 1700. The highest BCUT2D eigenvalue weighted by atomic mass is 31.2. The lowest BCUT2D eigenvalue weighted by atomic mass is 9.90. The van der Waals surface area contributed by atoms with E-state index < -0.39 is 43.7 Å². The monoisotopic (exact) mass is 805 g/mol. The standard InChI is InChI=1S/C39H60N5O11P/c1-25(2)37(38(40)49)44-16-12-41(23-34(45)46)10-14-43(15-11-42(13-17-44)24-35(47)48)32(39(50)51)9-8-18-54-56(52,53)55-33-22-27(4)31(21-28(33)5)36-29(6)19-26(3)20-30(36)7/h19-22,25,32,37H,8-18,23-24H2,1-7H3,(H2,40,49)(H,45,46)(H,47,48)(H,50,51)(H,52,53)/t32-,37?/m1/s1. The molecule has 0 spiro atoms. The van der Waals surface area contributed by atoms with Gasteiger partial charge in [-0.1, -0.05) is 31.5 Å². The van der Waals surface area contributed by atoms with E-state index in [0.717, 1.165) is 33.4 Å². The van der Waals surface area contributed by atoms with Crippen molar-refractivity contribution in [2.75, 3.05) is 72.1 Å². The van der Waals surface area contributed by atoms with Gasteiger partial charge >= 0.3 is 25.7 Å². The molecular formula is C39H60N5O11P. The Morgan fingerprint density at radius 3 is 1.70 bits per heavy atom. The average molecular weight is 806 g/mol. The summed E-state index contributed by atoms with van der Waals surface area (Å²) in [5.41, 5.74) is 12.7. The fraction of sp³-hybridized carbons (Fsp3) is 0.590. The summed E-state index contributed by atoms with van der Waals surface area (Å²) in [6.45, 7) is 14.2. The number of phosphoric acid groups is 1. The van der Waals surface area contributed by atoms with Gasteiger partial charge in [-0.2, -0.15) is 0 Å². The first-order chi connectivity index (χ1) is 26.2. The summed E-state index contributed by atoms with van der Waals surface area (Å²) in [4.78, 5) is 66.2. The molecule has 56 heavy (non-hydrogen) atoms. The van der Waals surface area contributed by atoms with Crippen LogP contribution in [-0.2, 0) is 28.3 Å². The van der Waals surface area contributed by atoms with Gasteiger partial charge in [-0.3, -0.25) is 48.2 Å².